The summed E-state index contributed by atoms with van der Waals surface area (Å²) >= 11 is 0. The second kappa shape index (κ2) is 8.56. The summed E-state index contributed by atoms with van der Waals surface area (Å²) in [5, 5.41) is 0. The quantitative estimate of drug-likeness (QED) is 0.610. The molecule has 0 aromatic rings. The van der Waals surface area contributed by atoms with E-state index in [-0.39, 0.29) is 0 Å². The van der Waals surface area contributed by atoms with Gasteiger partial charge in [0, 0.05) is 38.4 Å². The van der Waals surface area contributed by atoms with E-state index < -0.39 is 0 Å². The maximum atomic E-state index is 2.30. The molecule has 2 heterocycles. The zero-order valence-corrected chi connectivity index (χ0v) is 13.5. The van der Waals surface area contributed by atoms with Crippen molar-refractivity contribution in [1.82, 2.24) is 9.80 Å². The Hall–Kier alpha value is -1.70. The zero-order valence-electron chi connectivity index (χ0n) is 13.5. The highest BCUT2D eigenvalue weighted by Crippen LogP contribution is 2.19. The summed E-state index contributed by atoms with van der Waals surface area (Å²) < 4.78 is 0. The normalized spacial score (nSPS) is 17.2. The fraction of sp³-hybridized carbons (Fsp3) is 0.474. The van der Waals surface area contributed by atoms with Crippen molar-refractivity contribution in [3.8, 4) is 0 Å². The van der Waals surface area contributed by atoms with Gasteiger partial charge >= 0.3 is 0 Å². The third-order valence-corrected chi connectivity index (χ3v) is 3.97. The molecule has 0 aromatic carbocycles. The number of nitrogens with zero attached hydrogens (tertiary/aromatic N) is 2. The molecule has 0 unspecified atom stereocenters. The Labute approximate surface area is 129 Å². The van der Waals surface area contributed by atoms with Gasteiger partial charge in [-0.1, -0.05) is 39.0 Å². The van der Waals surface area contributed by atoms with Gasteiger partial charge in [0.2, 0.25) is 0 Å². The molecule has 0 amide bonds. The summed E-state index contributed by atoms with van der Waals surface area (Å²) in [6, 6.07) is 0. The molecule has 2 heteroatoms. The predicted molar refractivity (Wildman–Crippen MR) is 91.4 cm³/mol. The molecule has 0 spiro atoms. The van der Waals surface area contributed by atoms with Crippen molar-refractivity contribution in [3.05, 3.63) is 60.3 Å². The minimum absolute atomic E-state index is 1.14. The van der Waals surface area contributed by atoms with Gasteiger partial charge in [-0.05, 0) is 41.9 Å². The summed E-state index contributed by atoms with van der Waals surface area (Å²) in [6.45, 7) is 3.40. The molecule has 2 rings (SSSR count). The molecule has 0 bridgehead atoms. The van der Waals surface area contributed by atoms with E-state index in [1.165, 1.54) is 49.7 Å². The van der Waals surface area contributed by atoms with Crippen LogP contribution in [0.5, 0.6) is 0 Å². The van der Waals surface area contributed by atoms with E-state index in [2.05, 4.69) is 65.8 Å². The van der Waals surface area contributed by atoms with Gasteiger partial charge in [-0.25, -0.2) is 0 Å². The maximum Gasteiger partial charge on any atom is 0.0219 e. The average molecular weight is 284 g/mol. The lowest BCUT2D eigenvalue weighted by atomic mass is 10.0. The van der Waals surface area contributed by atoms with Gasteiger partial charge in [0.1, 0.15) is 0 Å². The molecule has 0 saturated heterocycles. The van der Waals surface area contributed by atoms with Crippen LogP contribution in [0.25, 0.3) is 0 Å². The van der Waals surface area contributed by atoms with E-state index in [0.717, 1.165) is 6.54 Å². The molecule has 21 heavy (non-hydrogen) atoms. The average Bonchev–Trinajstić information content (AvgIpc) is 2.52. The largest absolute Gasteiger partial charge is 0.357 e. The Morgan fingerprint density at radius 3 is 1.86 bits per heavy atom. The van der Waals surface area contributed by atoms with Gasteiger partial charge in [-0.2, -0.15) is 0 Å². The molecule has 114 valence electrons. The van der Waals surface area contributed by atoms with Crippen LogP contribution in [0.2, 0.25) is 0 Å². The van der Waals surface area contributed by atoms with Crippen LogP contribution in [-0.4, -0.2) is 23.4 Å². The van der Waals surface area contributed by atoms with E-state index in [0.29, 0.717) is 0 Å². The highest BCUT2D eigenvalue weighted by molar-refractivity contribution is 5.48. The Bertz CT molecular complexity index is 434. The summed E-state index contributed by atoms with van der Waals surface area (Å²) in [6.07, 6.45) is 25.5. The molecular formula is C19H28N2. The van der Waals surface area contributed by atoms with E-state index in [1.807, 2.05) is 7.05 Å². The fourth-order valence-electron chi connectivity index (χ4n) is 2.57. The van der Waals surface area contributed by atoms with Crippen LogP contribution in [0.15, 0.2) is 60.3 Å². The molecule has 0 atom stereocenters. The minimum atomic E-state index is 1.14. The first kappa shape index (κ1) is 15.7. The van der Waals surface area contributed by atoms with Crippen molar-refractivity contribution in [1.29, 1.82) is 0 Å². The maximum absolute atomic E-state index is 2.30. The molecule has 0 saturated carbocycles. The highest BCUT2D eigenvalue weighted by Gasteiger charge is 2.05. The van der Waals surface area contributed by atoms with Gasteiger partial charge in [-0.15, -0.1) is 0 Å². The van der Waals surface area contributed by atoms with Gasteiger partial charge in [0.05, 0.1) is 0 Å². The van der Waals surface area contributed by atoms with Crippen molar-refractivity contribution in [2.45, 2.75) is 45.4 Å². The second-order valence-electron chi connectivity index (χ2n) is 5.84. The molecule has 0 radical (unpaired) electrons. The molecule has 0 fully saturated rings. The van der Waals surface area contributed by atoms with Crippen molar-refractivity contribution in [2.24, 2.45) is 0 Å². The first-order valence-corrected chi connectivity index (χ1v) is 8.24. The van der Waals surface area contributed by atoms with Crippen molar-refractivity contribution >= 4 is 0 Å². The lowest BCUT2D eigenvalue weighted by molar-refractivity contribution is 0.464. The van der Waals surface area contributed by atoms with Crippen molar-refractivity contribution in [3.63, 3.8) is 0 Å². The number of hydrogen-bond donors (Lipinski definition) is 0. The Morgan fingerprint density at radius 1 is 0.714 bits per heavy atom. The minimum Gasteiger partial charge on any atom is -0.357 e. The molecule has 0 aliphatic carbocycles. The molecule has 0 aromatic heterocycles. The smallest absolute Gasteiger partial charge is 0.0219 e. The van der Waals surface area contributed by atoms with Gasteiger partial charge in [0.15, 0.2) is 0 Å². The monoisotopic (exact) mass is 284 g/mol. The van der Waals surface area contributed by atoms with E-state index in [9.17, 15) is 0 Å². The zero-order chi connectivity index (χ0) is 14.9. The number of allylic oxidation sites excluding steroid dienone is 6. The van der Waals surface area contributed by atoms with E-state index in [4.69, 9.17) is 0 Å². The number of unbranched alkanes of at least 4 members (excludes halogenated alkanes) is 5. The highest BCUT2D eigenvalue weighted by atomic mass is 15.1. The first-order valence-electron chi connectivity index (χ1n) is 8.24. The topological polar surface area (TPSA) is 6.48 Å². The third kappa shape index (κ3) is 5.30. The fourth-order valence-corrected chi connectivity index (χ4v) is 2.57. The van der Waals surface area contributed by atoms with Crippen LogP contribution in [0.3, 0.4) is 0 Å². The van der Waals surface area contributed by atoms with Crippen LogP contribution in [-0.2, 0) is 0 Å². The van der Waals surface area contributed by atoms with Gasteiger partial charge in [0.25, 0.3) is 0 Å². The van der Waals surface area contributed by atoms with Crippen LogP contribution in [0, 0.1) is 0 Å². The molecule has 2 nitrogen and oxygen atoms in total. The molecule has 2 aliphatic rings. The summed E-state index contributed by atoms with van der Waals surface area (Å²) in [5.41, 5.74) is 2.56. The Kier molecular flexibility index (Phi) is 6.39. The Balaban J connectivity index is 1.73. The standard InChI is InChI=1S/C19H28N2/c1-3-4-5-6-7-8-13-21-16-11-19(12-17-21)18-9-14-20(2)15-10-18/h9-12,14-17H,3-8,13H2,1-2H3. The number of hydrogen-bond acceptors (Lipinski definition) is 2. The summed E-state index contributed by atoms with van der Waals surface area (Å²) in [7, 11) is 2.04. The SMILES string of the molecule is CCCCCCCCN1C=CC(=C2C=CN(C)C=C2)C=C1. The molecule has 2 aliphatic heterocycles. The molecule has 0 N–H and O–H groups in total. The van der Waals surface area contributed by atoms with Crippen molar-refractivity contribution in [2.75, 3.05) is 13.6 Å². The van der Waals surface area contributed by atoms with Gasteiger partial charge in [-0.3, -0.25) is 0 Å². The first-order chi connectivity index (χ1) is 10.3. The van der Waals surface area contributed by atoms with Crippen LogP contribution in [0.1, 0.15) is 45.4 Å². The van der Waals surface area contributed by atoms with Crippen LogP contribution >= 0.6 is 0 Å². The van der Waals surface area contributed by atoms with Crippen molar-refractivity contribution < 1.29 is 0 Å². The number of rotatable bonds is 7. The van der Waals surface area contributed by atoms with Gasteiger partial charge < -0.3 is 9.80 Å². The van der Waals surface area contributed by atoms with Crippen LogP contribution in [0.4, 0.5) is 0 Å². The van der Waals surface area contributed by atoms with E-state index >= 15 is 0 Å². The third-order valence-electron chi connectivity index (χ3n) is 3.97. The second-order valence-corrected chi connectivity index (χ2v) is 5.84. The predicted octanol–water partition coefficient (Wildman–Crippen LogP) is 4.96. The molecular weight excluding hydrogens is 256 g/mol. The summed E-state index contributed by atoms with van der Waals surface area (Å²) in [4.78, 5) is 4.36. The van der Waals surface area contributed by atoms with Crippen LogP contribution < -0.4 is 0 Å². The Morgan fingerprint density at radius 2 is 1.24 bits per heavy atom. The van der Waals surface area contributed by atoms with E-state index in [1.54, 1.807) is 0 Å². The summed E-state index contributed by atoms with van der Waals surface area (Å²) in [5.74, 6) is 0. The lowest BCUT2D eigenvalue weighted by Crippen LogP contribution is -2.13. The lowest BCUT2D eigenvalue weighted by Gasteiger charge is -2.20.